The normalized spacial score (nSPS) is 16.5. The van der Waals surface area contributed by atoms with Crippen LogP contribution in [0.2, 0.25) is 0 Å². The van der Waals surface area contributed by atoms with Crippen molar-refractivity contribution in [1.82, 2.24) is 0 Å². The molecule has 150 valence electrons. The van der Waals surface area contributed by atoms with E-state index in [0.29, 0.717) is 45.6 Å². The third-order valence-electron chi connectivity index (χ3n) is 4.75. The van der Waals surface area contributed by atoms with Crippen LogP contribution in [0.4, 0.5) is 5.69 Å². The van der Waals surface area contributed by atoms with Crippen LogP contribution in [0.1, 0.15) is 12.0 Å². The highest BCUT2D eigenvalue weighted by Gasteiger charge is 2.36. The fourth-order valence-corrected chi connectivity index (χ4v) is 3.40. The van der Waals surface area contributed by atoms with Crippen LogP contribution in [-0.2, 0) is 9.59 Å². The van der Waals surface area contributed by atoms with Gasteiger partial charge in [-0.05, 0) is 30.3 Å². The molecule has 29 heavy (non-hydrogen) atoms. The van der Waals surface area contributed by atoms with Crippen LogP contribution in [-0.4, -0.2) is 39.9 Å². The topological polar surface area (TPSA) is 83.5 Å². The summed E-state index contributed by atoms with van der Waals surface area (Å²) >= 11 is 0. The van der Waals surface area contributed by atoms with Gasteiger partial charge >= 0.3 is 0 Å². The Kier molecular flexibility index (Phi) is 4.75. The molecule has 0 saturated carbocycles. The Morgan fingerprint density at radius 1 is 0.931 bits per heavy atom. The molecule has 2 heterocycles. The standard InChI is InChI=1S/C21H19NO7/c1-25-16-6-4-12(19(26-2)20(16)27-3)8-13-9-18(23)22(21(13)24)14-5-7-15-17(10-14)29-11-28-15/h4-8,10H,9,11H2,1-3H3. The summed E-state index contributed by atoms with van der Waals surface area (Å²) in [7, 11) is 4.53. The average molecular weight is 397 g/mol. The number of anilines is 1. The second-order valence-corrected chi connectivity index (χ2v) is 6.34. The van der Waals surface area contributed by atoms with E-state index in [1.807, 2.05) is 0 Å². The molecule has 1 fully saturated rings. The van der Waals surface area contributed by atoms with E-state index in [1.54, 1.807) is 36.4 Å². The molecule has 2 amide bonds. The zero-order chi connectivity index (χ0) is 20.5. The van der Waals surface area contributed by atoms with E-state index >= 15 is 0 Å². The number of hydrogen-bond donors (Lipinski definition) is 0. The zero-order valence-corrected chi connectivity index (χ0v) is 16.2. The van der Waals surface area contributed by atoms with Crippen molar-refractivity contribution in [2.24, 2.45) is 0 Å². The van der Waals surface area contributed by atoms with Crippen molar-refractivity contribution in [3.8, 4) is 28.7 Å². The predicted molar refractivity (Wildman–Crippen MR) is 104 cm³/mol. The molecule has 0 spiro atoms. The van der Waals surface area contributed by atoms with E-state index in [-0.39, 0.29) is 19.1 Å². The smallest absolute Gasteiger partial charge is 0.261 e. The number of fused-ring (bicyclic) bond motifs is 1. The Morgan fingerprint density at radius 3 is 2.41 bits per heavy atom. The molecule has 0 radical (unpaired) electrons. The van der Waals surface area contributed by atoms with Crippen LogP contribution in [0.15, 0.2) is 35.9 Å². The van der Waals surface area contributed by atoms with Gasteiger partial charge in [0.05, 0.1) is 33.4 Å². The van der Waals surface area contributed by atoms with Crippen molar-refractivity contribution < 1.29 is 33.3 Å². The summed E-state index contributed by atoms with van der Waals surface area (Å²) in [4.78, 5) is 26.7. The van der Waals surface area contributed by atoms with E-state index < -0.39 is 5.91 Å². The molecule has 8 nitrogen and oxygen atoms in total. The van der Waals surface area contributed by atoms with E-state index in [1.165, 1.54) is 21.3 Å². The van der Waals surface area contributed by atoms with Gasteiger partial charge in [-0.2, -0.15) is 0 Å². The van der Waals surface area contributed by atoms with Gasteiger partial charge in [0, 0.05) is 17.2 Å². The summed E-state index contributed by atoms with van der Waals surface area (Å²) in [5.41, 5.74) is 1.39. The van der Waals surface area contributed by atoms with E-state index in [4.69, 9.17) is 23.7 Å². The van der Waals surface area contributed by atoms with Crippen molar-refractivity contribution in [2.45, 2.75) is 6.42 Å². The Hall–Kier alpha value is -3.68. The first kappa shape index (κ1) is 18.7. The quantitative estimate of drug-likeness (QED) is 0.567. The molecule has 1 saturated heterocycles. The van der Waals surface area contributed by atoms with E-state index in [9.17, 15) is 9.59 Å². The molecular weight excluding hydrogens is 378 g/mol. The number of methoxy groups -OCH3 is 3. The summed E-state index contributed by atoms with van der Waals surface area (Å²) in [5, 5.41) is 0. The Labute approximate surface area is 167 Å². The molecule has 0 N–H and O–H groups in total. The minimum atomic E-state index is -0.397. The SMILES string of the molecule is COc1ccc(C=C2CC(=O)N(c3ccc4c(c3)OCO4)C2=O)c(OC)c1OC. The number of hydrogen-bond acceptors (Lipinski definition) is 7. The number of amides is 2. The molecule has 8 heteroatoms. The van der Waals surface area contributed by atoms with Gasteiger partial charge in [-0.1, -0.05) is 0 Å². The van der Waals surface area contributed by atoms with Crippen molar-refractivity contribution in [3.63, 3.8) is 0 Å². The van der Waals surface area contributed by atoms with Crippen LogP contribution in [0.25, 0.3) is 6.08 Å². The fourth-order valence-electron chi connectivity index (χ4n) is 3.40. The van der Waals surface area contributed by atoms with Gasteiger partial charge in [0.25, 0.3) is 5.91 Å². The summed E-state index contributed by atoms with van der Waals surface area (Å²) in [5.74, 6) is 1.70. The van der Waals surface area contributed by atoms with Gasteiger partial charge < -0.3 is 23.7 Å². The van der Waals surface area contributed by atoms with Crippen LogP contribution < -0.4 is 28.6 Å². The largest absolute Gasteiger partial charge is 0.493 e. The fraction of sp³-hybridized carbons (Fsp3) is 0.238. The van der Waals surface area contributed by atoms with Crippen LogP contribution >= 0.6 is 0 Å². The maximum atomic E-state index is 13.0. The maximum Gasteiger partial charge on any atom is 0.261 e. The maximum absolute atomic E-state index is 13.0. The van der Waals surface area contributed by atoms with Gasteiger partial charge in [-0.15, -0.1) is 0 Å². The van der Waals surface area contributed by atoms with Crippen molar-refractivity contribution in [1.29, 1.82) is 0 Å². The molecule has 0 atom stereocenters. The number of ether oxygens (including phenoxy) is 5. The van der Waals surface area contributed by atoms with Gasteiger partial charge in [-0.25, -0.2) is 4.90 Å². The monoisotopic (exact) mass is 397 g/mol. The number of carbonyl (C=O) groups is 2. The Bertz CT molecular complexity index is 1030. The predicted octanol–water partition coefficient (Wildman–Crippen LogP) is 2.79. The average Bonchev–Trinajstić information content (AvgIpc) is 3.30. The van der Waals surface area contributed by atoms with Crippen molar-refractivity contribution in [3.05, 3.63) is 41.5 Å². The van der Waals surface area contributed by atoms with Crippen molar-refractivity contribution in [2.75, 3.05) is 33.0 Å². The third-order valence-corrected chi connectivity index (χ3v) is 4.75. The molecule has 0 aliphatic carbocycles. The first-order chi connectivity index (χ1) is 14.1. The molecule has 0 unspecified atom stereocenters. The van der Waals surface area contributed by atoms with Gasteiger partial charge in [-0.3, -0.25) is 9.59 Å². The molecule has 2 aliphatic rings. The van der Waals surface area contributed by atoms with Gasteiger partial charge in [0.1, 0.15) is 0 Å². The lowest BCUT2D eigenvalue weighted by molar-refractivity contribution is -0.120. The molecule has 2 aromatic carbocycles. The van der Waals surface area contributed by atoms with Gasteiger partial charge in [0.15, 0.2) is 23.0 Å². The molecule has 0 bridgehead atoms. The number of carbonyl (C=O) groups excluding carboxylic acids is 2. The first-order valence-corrected chi connectivity index (χ1v) is 8.83. The van der Waals surface area contributed by atoms with Crippen molar-refractivity contribution >= 4 is 23.6 Å². The zero-order valence-electron chi connectivity index (χ0n) is 16.2. The Balaban J connectivity index is 1.70. The lowest BCUT2D eigenvalue weighted by Gasteiger charge is -2.15. The lowest BCUT2D eigenvalue weighted by atomic mass is 10.1. The minimum absolute atomic E-state index is 0.0230. The van der Waals surface area contributed by atoms with Crippen LogP contribution in [0.3, 0.4) is 0 Å². The summed E-state index contributed by atoms with van der Waals surface area (Å²) in [6.07, 6.45) is 1.61. The van der Waals surface area contributed by atoms with Gasteiger partial charge in [0.2, 0.25) is 18.4 Å². The molecule has 0 aromatic heterocycles. The number of rotatable bonds is 5. The Morgan fingerprint density at radius 2 is 1.69 bits per heavy atom. The highest BCUT2D eigenvalue weighted by atomic mass is 16.7. The highest BCUT2D eigenvalue weighted by molar-refractivity contribution is 6.29. The summed E-state index contributed by atoms with van der Waals surface area (Å²) in [6.45, 7) is 0.116. The first-order valence-electron chi connectivity index (χ1n) is 8.83. The number of benzene rings is 2. The highest BCUT2D eigenvalue weighted by Crippen LogP contribution is 2.42. The molecule has 4 rings (SSSR count). The number of imide groups is 1. The second kappa shape index (κ2) is 7.38. The second-order valence-electron chi connectivity index (χ2n) is 6.34. The molecular formula is C21H19NO7. The van der Waals surface area contributed by atoms with E-state index in [2.05, 4.69) is 0 Å². The number of nitrogens with zero attached hydrogens (tertiary/aromatic N) is 1. The minimum Gasteiger partial charge on any atom is -0.493 e. The molecule has 2 aliphatic heterocycles. The van der Waals surface area contributed by atoms with E-state index in [0.717, 1.165) is 4.90 Å². The lowest BCUT2D eigenvalue weighted by Crippen LogP contribution is -2.28. The van der Waals surface area contributed by atoms with Crippen LogP contribution in [0, 0.1) is 0 Å². The summed E-state index contributed by atoms with van der Waals surface area (Å²) in [6, 6.07) is 8.41. The summed E-state index contributed by atoms with van der Waals surface area (Å²) < 4.78 is 26.7. The van der Waals surface area contributed by atoms with Crippen LogP contribution in [0.5, 0.6) is 28.7 Å². The molecule has 2 aromatic rings. The third kappa shape index (κ3) is 3.12.